The fourth-order valence-electron chi connectivity index (χ4n) is 7.83. The molecule has 0 amide bonds. The molecule has 1 rings (SSSR count). The minimum absolute atomic E-state index is 0.0615. The third-order valence-electron chi connectivity index (χ3n) is 11.9. The van der Waals surface area contributed by atoms with Gasteiger partial charge in [-0.3, -0.25) is 14.4 Å². The first-order valence-corrected chi connectivity index (χ1v) is 26.6. The van der Waals surface area contributed by atoms with Crippen LogP contribution in [-0.2, 0) is 42.9 Å². The Labute approximate surface area is 405 Å². The number of carboxylic acid groups (broad SMARTS) is 1. The number of rotatable bonds is 44. The molecule has 3 N–H and O–H groups in total. The average molecular weight is 947 g/mol. The van der Waals surface area contributed by atoms with E-state index in [2.05, 4.69) is 69.4 Å². The molecule has 0 saturated carbocycles. The molecule has 0 aliphatic carbocycles. The number of ether oxygens (including phenoxy) is 5. The zero-order valence-corrected chi connectivity index (χ0v) is 42.1. The van der Waals surface area contributed by atoms with Crippen molar-refractivity contribution in [3.8, 4) is 0 Å². The van der Waals surface area contributed by atoms with E-state index in [0.717, 1.165) is 109 Å². The number of allylic oxidation sites excluding steroid dienone is 8. The topological polar surface area (TPSA) is 175 Å². The van der Waals surface area contributed by atoms with Gasteiger partial charge < -0.3 is 39.0 Å². The maximum atomic E-state index is 13.0. The number of aliphatic hydroxyl groups is 2. The van der Waals surface area contributed by atoms with Gasteiger partial charge in [-0.1, -0.05) is 198 Å². The first-order valence-electron chi connectivity index (χ1n) is 26.6. The Morgan fingerprint density at radius 2 is 0.940 bits per heavy atom. The van der Waals surface area contributed by atoms with E-state index in [-0.39, 0.29) is 25.9 Å². The van der Waals surface area contributed by atoms with Gasteiger partial charge in [-0.2, -0.15) is 0 Å². The summed E-state index contributed by atoms with van der Waals surface area (Å²) in [6.45, 7) is 5.79. The zero-order chi connectivity index (χ0) is 49.0. The second-order valence-corrected chi connectivity index (χ2v) is 18.1. The van der Waals surface area contributed by atoms with Crippen molar-refractivity contribution >= 4 is 23.9 Å². The van der Waals surface area contributed by atoms with Crippen LogP contribution in [0.2, 0.25) is 0 Å². The van der Waals surface area contributed by atoms with Crippen LogP contribution in [-0.4, -0.2) is 89.2 Å². The molecule has 0 aromatic heterocycles. The molecule has 12 nitrogen and oxygen atoms in total. The maximum Gasteiger partial charge on any atom is 0.335 e. The third kappa shape index (κ3) is 34.6. The van der Waals surface area contributed by atoms with E-state index in [1.807, 2.05) is 0 Å². The van der Waals surface area contributed by atoms with Crippen LogP contribution < -0.4 is 0 Å². The maximum absolute atomic E-state index is 13.0. The molecule has 1 fully saturated rings. The smallest absolute Gasteiger partial charge is 0.335 e. The summed E-state index contributed by atoms with van der Waals surface area (Å²) < 4.78 is 28.2. The number of aliphatic carboxylic acids is 1. The van der Waals surface area contributed by atoms with Gasteiger partial charge in [0.2, 0.25) is 0 Å². The van der Waals surface area contributed by atoms with Gasteiger partial charge in [0.05, 0.1) is 6.61 Å². The molecule has 1 heterocycles. The predicted octanol–water partition coefficient (Wildman–Crippen LogP) is 12.7. The SMILES string of the molecule is CC/C=C\C/C=C\C/C=C\C/C=C\CCCCCCCCC(=O)OCC(COC1OC(C(=O)O)C(O)C(O)C1OC(=O)CCCCCCCCCCC)OC(=O)CCCCCCCCCCC. The van der Waals surface area contributed by atoms with Crippen molar-refractivity contribution in [3.63, 3.8) is 0 Å². The van der Waals surface area contributed by atoms with E-state index in [1.165, 1.54) is 57.8 Å². The Balaban J connectivity index is 2.66. The molecule has 0 aromatic carbocycles. The van der Waals surface area contributed by atoms with E-state index < -0.39 is 67.3 Å². The minimum atomic E-state index is -1.90. The molecule has 386 valence electrons. The number of carbonyl (C=O) groups excluding carboxylic acids is 3. The van der Waals surface area contributed by atoms with Gasteiger partial charge in [0, 0.05) is 19.3 Å². The first-order chi connectivity index (χ1) is 32.6. The highest BCUT2D eigenvalue weighted by Gasteiger charge is 2.50. The van der Waals surface area contributed by atoms with E-state index in [1.54, 1.807) is 0 Å². The molecule has 0 bridgehead atoms. The van der Waals surface area contributed by atoms with Crippen LogP contribution in [0.15, 0.2) is 48.6 Å². The number of hydrogen-bond acceptors (Lipinski definition) is 11. The van der Waals surface area contributed by atoms with Crippen molar-refractivity contribution in [1.82, 2.24) is 0 Å². The van der Waals surface area contributed by atoms with Crippen molar-refractivity contribution in [2.45, 2.75) is 263 Å². The minimum Gasteiger partial charge on any atom is -0.479 e. The predicted molar refractivity (Wildman–Crippen MR) is 266 cm³/mol. The van der Waals surface area contributed by atoms with Crippen molar-refractivity contribution in [2.75, 3.05) is 13.2 Å². The number of aliphatic hydroxyl groups excluding tert-OH is 2. The lowest BCUT2D eigenvalue weighted by molar-refractivity contribution is -0.301. The molecule has 6 atom stereocenters. The van der Waals surface area contributed by atoms with E-state index >= 15 is 0 Å². The van der Waals surface area contributed by atoms with Crippen LogP contribution in [0.5, 0.6) is 0 Å². The van der Waals surface area contributed by atoms with Crippen molar-refractivity contribution in [1.29, 1.82) is 0 Å². The summed E-state index contributed by atoms with van der Waals surface area (Å²) in [6.07, 6.45) is 38.4. The molecule has 0 spiro atoms. The Kier molecular flexibility index (Phi) is 40.4. The lowest BCUT2D eigenvalue weighted by Gasteiger charge is -2.40. The third-order valence-corrected chi connectivity index (χ3v) is 11.9. The first kappa shape index (κ1) is 61.7. The largest absolute Gasteiger partial charge is 0.479 e. The van der Waals surface area contributed by atoms with Crippen LogP contribution in [0.25, 0.3) is 0 Å². The summed E-state index contributed by atoms with van der Waals surface area (Å²) in [4.78, 5) is 50.7. The highest BCUT2D eigenvalue weighted by atomic mass is 16.7. The van der Waals surface area contributed by atoms with Crippen molar-refractivity contribution in [3.05, 3.63) is 48.6 Å². The lowest BCUT2D eigenvalue weighted by Crippen LogP contribution is -2.61. The number of unbranched alkanes of at least 4 members (excludes halogenated alkanes) is 22. The Bertz CT molecular complexity index is 1360. The summed E-state index contributed by atoms with van der Waals surface area (Å²) in [5.74, 6) is -3.13. The van der Waals surface area contributed by atoms with E-state index in [9.17, 15) is 34.5 Å². The summed E-state index contributed by atoms with van der Waals surface area (Å²) in [6, 6.07) is 0. The summed E-state index contributed by atoms with van der Waals surface area (Å²) >= 11 is 0. The standard InChI is InChI=1S/C55H94O12/c1-4-7-10-13-16-19-20-21-22-23-24-25-26-27-28-31-32-35-38-41-47(56)63-44-46(65-48(57)42-39-36-33-29-17-14-11-8-5-2)45-64-55-53(51(60)50(59)52(67-55)54(61)62)66-49(58)43-40-37-34-30-18-15-12-9-6-3/h7,10,16,19,21-22,24-25,46,50-53,55,59-60H,4-6,8-9,11-15,17-18,20,23,26-45H2,1-3H3,(H,61,62)/b10-7-,19-16-,22-21-,25-24-. The molecule has 0 radical (unpaired) electrons. The molecule has 12 heteroatoms. The van der Waals surface area contributed by atoms with Crippen LogP contribution in [0.3, 0.4) is 0 Å². The molecule has 1 aliphatic rings. The second-order valence-electron chi connectivity index (χ2n) is 18.1. The summed E-state index contributed by atoms with van der Waals surface area (Å²) in [7, 11) is 0. The van der Waals surface area contributed by atoms with Gasteiger partial charge in [0.1, 0.15) is 18.8 Å². The number of carbonyl (C=O) groups is 4. The van der Waals surface area contributed by atoms with Gasteiger partial charge in [0.15, 0.2) is 24.6 Å². The molecule has 1 aliphatic heterocycles. The fourth-order valence-corrected chi connectivity index (χ4v) is 7.83. The van der Waals surface area contributed by atoms with Crippen LogP contribution in [0.1, 0.15) is 226 Å². The van der Waals surface area contributed by atoms with E-state index in [4.69, 9.17) is 23.7 Å². The van der Waals surface area contributed by atoms with Crippen LogP contribution in [0.4, 0.5) is 0 Å². The molecular weight excluding hydrogens is 853 g/mol. The van der Waals surface area contributed by atoms with Crippen molar-refractivity contribution in [2.24, 2.45) is 0 Å². The van der Waals surface area contributed by atoms with Gasteiger partial charge in [-0.15, -0.1) is 0 Å². The Hall–Kier alpha value is -3.32. The number of esters is 3. The monoisotopic (exact) mass is 947 g/mol. The highest BCUT2D eigenvalue weighted by molar-refractivity contribution is 5.74. The van der Waals surface area contributed by atoms with Crippen molar-refractivity contribution < 1.29 is 58.2 Å². The van der Waals surface area contributed by atoms with Gasteiger partial charge in [-0.05, 0) is 57.8 Å². The normalized spacial score (nSPS) is 19.2. The van der Waals surface area contributed by atoms with Gasteiger partial charge >= 0.3 is 23.9 Å². The zero-order valence-electron chi connectivity index (χ0n) is 42.1. The Morgan fingerprint density at radius 1 is 0.507 bits per heavy atom. The molecular formula is C55H94O12. The summed E-state index contributed by atoms with van der Waals surface area (Å²) in [5.41, 5.74) is 0. The fraction of sp³-hybridized carbons (Fsp3) is 0.782. The Morgan fingerprint density at radius 3 is 1.43 bits per heavy atom. The molecule has 67 heavy (non-hydrogen) atoms. The highest BCUT2D eigenvalue weighted by Crippen LogP contribution is 2.26. The quantitative estimate of drug-likeness (QED) is 0.0228. The van der Waals surface area contributed by atoms with Crippen LogP contribution >= 0.6 is 0 Å². The molecule has 6 unspecified atom stereocenters. The lowest BCUT2D eigenvalue weighted by atomic mass is 9.98. The van der Waals surface area contributed by atoms with Crippen LogP contribution in [0, 0.1) is 0 Å². The van der Waals surface area contributed by atoms with Gasteiger partial charge in [-0.25, -0.2) is 4.79 Å². The molecule has 1 saturated heterocycles. The van der Waals surface area contributed by atoms with E-state index in [0.29, 0.717) is 19.3 Å². The number of hydrogen-bond donors (Lipinski definition) is 3. The van der Waals surface area contributed by atoms with Gasteiger partial charge in [0.25, 0.3) is 0 Å². The summed E-state index contributed by atoms with van der Waals surface area (Å²) in [5, 5.41) is 31.2. The second kappa shape index (κ2) is 43.9. The average Bonchev–Trinajstić information content (AvgIpc) is 3.31. The molecule has 0 aromatic rings. The number of carboxylic acids is 1.